The Balaban J connectivity index is 1.56. The Morgan fingerprint density at radius 1 is 1.57 bits per heavy atom. The molecule has 0 radical (unpaired) electrons. The maximum atomic E-state index is 11.9. The molecular formula is C14H21N3O4S2. The van der Waals surface area contributed by atoms with Crippen molar-refractivity contribution in [2.75, 3.05) is 25.9 Å². The van der Waals surface area contributed by atoms with Crippen LogP contribution in [0.5, 0.6) is 0 Å². The minimum absolute atomic E-state index is 0.0779. The first kappa shape index (κ1) is 16.8. The number of nitrogens with zero attached hydrogens (tertiary/aromatic N) is 2. The zero-order chi connectivity index (χ0) is 16.5. The molecule has 2 fully saturated rings. The van der Waals surface area contributed by atoms with E-state index < -0.39 is 15.6 Å². The summed E-state index contributed by atoms with van der Waals surface area (Å²) in [6.45, 7) is 1.36. The average molecular weight is 359 g/mol. The Morgan fingerprint density at radius 3 is 3.04 bits per heavy atom. The normalized spacial score (nSPS) is 29.0. The summed E-state index contributed by atoms with van der Waals surface area (Å²) in [5, 5.41) is 4.56. The maximum Gasteiger partial charge on any atom is 0.270 e. The van der Waals surface area contributed by atoms with E-state index in [0.717, 1.165) is 25.7 Å². The predicted octanol–water partition coefficient (Wildman–Crippen LogP) is 0.846. The van der Waals surface area contributed by atoms with Crippen LogP contribution in [0.2, 0.25) is 0 Å². The number of nitrogens with one attached hydrogen (secondary N) is 1. The van der Waals surface area contributed by atoms with E-state index in [9.17, 15) is 13.2 Å². The van der Waals surface area contributed by atoms with Crippen molar-refractivity contribution in [3.63, 3.8) is 0 Å². The monoisotopic (exact) mass is 359 g/mol. The summed E-state index contributed by atoms with van der Waals surface area (Å²) in [7, 11) is -3.17. The Hall–Kier alpha value is -1.03. The topological polar surface area (TPSA) is 88.6 Å². The zero-order valence-corrected chi connectivity index (χ0v) is 14.7. The summed E-state index contributed by atoms with van der Waals surface area (Å²) < 4.78 is 31.1. The van der Waals surface area contributed by atoms with Crippen LogP contribution in [0.3, 0.4) is 0 Å². The van der Waals surface area contributed by atoms with E-state index in [2.05, 4.69) is 10.3 Å². The number of sulfonamides is 1. The summed E-state index contributed by atoms with van der Waals surface area (Å²) in [6.07, 6.45) is 4.60. The van der Waals surface area contributed by atoms with E-state index >= 15 is 0 Å². The van der Waals surface area contributed by atoms with Gasteiger partial charge >= 0.3 is 0 Å². The molecule has 1 amide bonds. The van der Waals surface area contributed by atoms with Crippen LogP contribution in [0.4, 0.5) is 0 Å². The molecule has 2 saturated heterocycles. The number of hydrogen-bond acceptors (Lipinski definition) is 6. The molecule has 1 N–H and O–H groups in total. The van der Waals surface area contributed by atoms with Crippen molar-refractivity contribution in [3.05, 3.63) is 16.6 Å². The van der Waals surface area contributed by atoms with Gasteiger partial charge in [-0.3, -0.25) is 4.79 Å². The molecule has 0 unspecified atom stereocenters. The van der Waals surface area contributed by atoms with Crippen LogP contribution in [0.25, 0.3) is 0 Å². The van der Waals surface area contributed by atoms with Crippen molar-refractivity contribution in [2.24, 2.45) is 0 Å². The molecule has 128 valence electrons. The zero-order valence-electron chi connectivity index (χ0n) is 13.0. The van der Waals surface area contributed by atoms with Crippen LogP contribution >= 0.6 is 11.3 Å². The van der Waals surface area contributed by atoms with E-state index in [1.807, 2.05) is 0 Å². The summed E-state index contributed by atoms with van der Waals surface area (Å²) in [4.78, 5) is 15.9. The molecule has 0 saturated carbocycles. The molecular weight excluding hydrogens is 338 g/mol. The second kappa shape index (κ2) is 6.46. The highest BCUT2D eigenvalue weighted by Crippen LogP contribution is 2.37. The smallest absolute Gasteiger partial charge is 0.270 e. The van der Waals surface area contributed by atoms with Crippen molar-refractivity contribution < 1.29 is 17.9 Å². The van der Waals surface area contributed by atoms with E-state index in [1.165, 1.54) is 21.9 Å². The number of aromatic nitrogens is 1. The Bertz CT molecular complexity index is 662. The summed E-state index contributed by atoms with van der Waals surface area (Å²) in [5.74, 6) is -0.196. The molecule has 1 aromatic rings. The molecule has 23 heavy (non-hydrogen) atoms. The third-order valence-electron chi connectivity index (χ3n) is 4.48. The number of rotatable bonds is 4. The fourth-order valence-electron chi connectivity index (χ4n) is 3.28. The number of carbonyl (C=O) groups is 1. The third kappa shape index (κ3) is 3.90. The molecule has 0 aliphatic carbocycles. The Morgan fingerprint density at radius 2 is 2.39 bits per heavy atom. The van der Waals surface area contributed by atoms with Gasteiger partial charge in [-0.15, -0.1) is 11.3 Å². The van der Waals surface area contributed by atoms with Gasteiger partial charge in [-0.25, -0.2) is 13.4 Å². The predicted molar refractivity (Wildman–Crippen MR) is 86.9 cm³/mol. The summed E-state index contributed by atoms with van der Waals surface area (Å²) in [6, 6.07) is 0. The standard InChI is InChI=1S/C14H21N3O4S2/c1-23(19,20)17-6-5-14(9-17)4-2-3-11(21-14)7-15-13(18)12-8-22-10-16-12/h8,10-11H,2-7,9H2,1H3,(H,15,18)/t11-,14-/m1/s1. The molecule has 0 aromatic carbocycles. The fraction of sp³-hybridized carbons (Fsp3) is 0.714. The van der Waals surface area contributed by atoms with Gasteiger partial charge in [0.15, 0.2) is 0 Å². The van der Waals surface area contributed by atoms with Crippen molar-refractivity contribution in [1.82, 2.24) is 14.6 Å². The van der Waals surface area contributed by atoms with Crippen LogP contribution in [0.15, 0.2) is 10.9 Å². The van der Waals surface area contributed by atoms with Gasteiger partial charge in [0.2, 0.25) is 10.0 Å². The van der Waals surface area contributed by atoms with Gasteiger partial charge in [0, 0.05) is 25.0 Å². The molecule has 9 heteroatoms. The lowest BCUT2D eigenvalue weighted by atomic mass is 9.90. The first-order valence-corrected chi connectivity index (χ1v) is 10.5. The Labute approximate surface area is 140 Å². The van der Waals surface area contributed by atoms with Crippen LogP contribution < -0.4 is 5.32 Å². The summed E-state index contributed by atoms with van der Waals surface area (Å²) >= 11 is 1.38. The summed E-state index contributed by atoms with van der Waals surface area (Å²) in [5.41, 5.74) is 1.65. The molecule has 1 aromatic heterocycles. The van der Waals surface area contributed by atoms with E-state index in [-0.39, 0.29) is 12.0 Å². The van der Waals surface area contributed by atoms with Crippen LogP contribution in [-0.4, -0.2) is 61.2 Å². The number of hydrogen-bond donors (Lipinski definition) is 1. The molecule has 7 nitrogen and oxygen atoms in total. The van der Waals surface area contributed by atoms with Crippen LogP contribution in [-0.2, 0) is 14.8 Å². The first-order chi connectivity index (χ1) is 10.9. The fourth-order valence-corrected chi connectivity index (χ4v) is 4.70. The maximum absolute atomic E-state index is 11.9. The van der Waals surface area contributed by atoms with Gasteiger partial charge in [-0.2, -0.15) is 4.31 Å². The minimum atomic E-state index is -3.17. The molecule has 0 bridgehead atoms. The number of amides is 1. The van der Waals surface area contributed by atoms with Gasteiger partial charge in [-0.1, -0.05) is 0 Å². The average Bonchev–Trinajstić information content (AvgIpc) is 3.15. The number of ether oxygens (including phenoxy) is 1. The second-order valence-corrected chi connectivity index (χ2v) is 8.95. The highest BCUT2D eigenvalue weighted by Gasteiger charge is 2.45. The van der Waals surface area contributed by atoms with Crippen molar-refractivity contribution in [3.8, 4) is 0 Å². The van der Waals surface area contributed by atoms with Crippen molar-refractivity contribution in [1.29, 1.82) is 0 Å². The van der Waals surface area contributed by atoms with Crippen LogP contribution in [0.1, 0.15) is 36.2 Å². The SMILES string of the molecule is CS(=O)(=O)N1CC[C@]2(CCC[C@H](CNC(=O)c3cscn3)O2)C1. The minimum Gasteiger partial charge on any atom is -0.369 e. The van der Waals surface area contributed by atoms with E-state index in [4.69, 9.17) is 4.74 Å². The van der Waals surface area contributed by atoms with E-state index in [1.54, 1.807) is 10.9 Å². The lowest BCUT2D eigenvalue weighted by Crippen LogP contribution is -2.47. The highest BCUT2D eigenvalue weighted by molar-refractivity contribution is 7.88. The van der Waals surface area contributed by atoms with Crippen molar-refractivity contribution >= 4 is 27.3 Å². The number of thiazole rings is 1. The van der Waals surface area contributed by atoms with Crippen molar-refractivity contribution in [2.45, 2.75) is 37.4 Å². The van der Waals surface area contributed by atoms with Gasteiger partial charge in [-0.05, 0) is 25.7 Å². The molecule has 2 aliphatic heterocycles. The Kier molecular flexibility index (Phi) is 4.73. The number of carbonyl (C=O) groups excluding carboxylic acids is 1. The highest BCUT2D eigenvalue weighted by atomic mass is 32.2. The molecule has 3 rings (SSSR count). The second-order valence-electron chi connectivity index (χ2n) is 6.25. The molecule has 2 aliphatic rings. The molecule has 2 atom stereocenters. The van der Waals surface area contributed by atoms with Crippen LogP contribution in [0, 0.1) is 0 Å². The van der Waals surface area contributed by atoms with Gasteiger partial charge in [0.05, 0.1) is 23.5 Å². The largest absolute Gasteiger partial charge is 0.369 e. The lowest BCUT2D eigenvalue weighted by molar-refractivity contribution is -0.116. The first-order valence-electron chi connectivity index (χ1n) is 7.67. The third-order valence-corrected chi connectivity index (χ3v) is 6.32. The quantitative estimate of drug-likeness (QED) is 0.861. The van der Waals surface area contributed by atoms with Gasteiger partial charge in [0.25, 0.3) is 5.91 Å². The molecule has 1 spiro atoms. The lowest BCUT2D eigenvalue weighted by Gasteiger charge is -2.38. The molecule has 3 heterocycles. The van der Waals surface area contributed by atoms with Gasteiger partial charge in [0.1, 0.15) is 5.69 Å². The van der Waals surface area contributed by atoms with Gasteiger partial charge < -0.3 is 10.1 Å². The van der Waals surface area contributed by atoms with E-state index in [0.29, 0.717) is 25.3 Å².